The first kappa shape index (κ1) is 12.9. The molecule has 1 fully saturated rings. The SMILES string of the molecule is Cc1nn(C)c2ncc(C(=O)O)c(NC3CCOC3)c12. The van der Waals surface area contributed by atoms with Crippen molar-refractivity contribution in [3.8, 4) is 0 Å². The highest BCUT2D eigenvalue weighted by Crippen LogP contribution is 2.30. The highest BCUT2D eigenvalue weighted by Gasteiger charge is 2.23. The quantitative estimate of drug-likeness (QED) is 0.875. The number of fused-ring (bicyclic) bond motifs is 1. The van der Waals surface area contributed by atoms with E-state index in [1.807, 2.05) is 6.92 Å². The Morgan fingerprint density at radius 1 is 1.60 bits per heavy atom. The summed E-state index contributed by atoms with van der Waals surface area (Å²) in [7, 11) is 1.80. The van der Waals surface area contributed by atoms with E-state index in [0.717, 1.165) is 17.5 Å². The minimum Gasteiger partial charge on any atom is -0.478 e. The van der Waals surface area contributed by atoms with Crippen LogP contribution in [-0.4, -0.2) is 45.1 Å². The summed E-state index contributed by atoms with van der Waals surface area (Å²) in [5.74, 6) is -0.996. The van der Waals surface area contributed by atoms with Crippen molar-refractivity contribution in [1.82, 2.24) is 14.8 Å². The van der Waals surface area contributed by atoms with Crippen molar-refractivity contribution < 1.29 is 14.6 Å². The maximum atomic E-state index is 11.4. The van der Waals surface area contributed by atoms with Gasteiger partial charge in [-0.1, -0.05) is 0 Å². The van der Waals surface area contributed by atoms with E-state index in [9.17, 15) is 9.90 Å². The average molecular weight is 276 g/mol. The van der Waals surface area contributed by atoms with Crippen LogP contribution < -0.4 is 5.32 Å². The van der Waals surface area contributed by atoms with Crippen LogP contribution >= 0.6 is 0 Å². The number of hydrogen-bond acceptors (Lipinski definition) is 5. The van der Waals surface area contributed by atoms with E-state index < -0.39 is 5.97 Å². The second-order valence-electron chi connectivity index (χ2n) is 4.96. The Kier molecular flexibility index (Phi) is 3.06. The first-order valence-electron chi connectivity index (χ1n) is 6.48. The summed E-state index contributed by atoms with van der Waals surface area (Å²) in [6.07, 6.45) is 2.24. The fourth-order valence-corrected chi connectivity index (χ4v) is 2.58. The molecule has 2 N–H and O–H groups in total. The van der Waals surface area contributed by atoms with Crippen LogP contribution in [0.15, 0.2) is 6.20 Å². The number of aryl methyl sites for hydroxylation is 2. The number of nitrogens with one attached hydrogen (secondary N) is 1. The summed E-state index contributed by atoms with van der Waals surface area (Å²) in [5, 5.41) is 17.7. The first-order valence-corrected chi connectivity index (χ1v) is 6.48. The van der Waals surface area contributed by atoms with Crippen molar-refractivity contribution in [3.63, 3.8) is 0 Å². The molecule has 3 rings (SSSR count). The molecule has 1 atom stereocenters. The lowest BCUT2D eigenvalue weighted by atomic mass is 10.1. The molecule has 2 aromatic heterocycles. The zero-order valence-corrected chi connectivity index (χ0v) is 11.4. The minimum atomic E-state index is -0.996. The number of rotatable bonds is 3. The van der Waals surface area contributed by atoms with E-state index in [1.54, 1.807) is 11.7 Å². The van der Waals surface area contributed by atoms with Gasteiger partial charge >= 0.3 is 5.97 Å². The Morgan fingerprint density at radius 2 is 2.40 bits per heavy atom. The molecule has 0 amide bonds. The normalized spacial score (nSPS) is 18.6. The molecule has 1 aliphatic heterocycles. The minimum absolute atomic E-state index is 0.123. The van der Waals surface area contributed by atoms with Gasteiger partial charge < -0.3 is 15.2 Å². The molecule has 7 nitrogen and oxygen atoms in total. The lowest BCUT2D eigenvalue weighted by Gasteiger charge is -2.15. The number of carboxylic acids is 1. The molecule has 20 heavy (non-hydrogen) atoms. The van der Waals surface area contributed by atoms with Gasteiger partial charge in [0.1, 0.15) is 5.56 Å². The molecule has 1 aliphatic rings. The average Bonchev–Trinajstić information content (AvgIpc) is 2.99. The van der Waals surface area contributed by atoms with Crippen LogP contribution in [0.5, 0.6) is 0 Å². The summed E-state index contributed by atoms with van der Waals surface area (Å²) in [6.45, 7) is 3.13. The molecule has 1 saturated heterocycles. The number of aromatic nitrogens is 3. The van der Waals surface area contributed by atoms with Gasteiger partial charge in [0.25, 0.3) is 0 Å². The van der Waals surface area contributed by atoms with Gasteiger partial charge in [-0.2, -0.15) is 5.10 Å². The van der Waals surface area contributed by atoms with Crippen LogP contribution in [-0.2, 0) is 11.8 Å². The lowest BCUT2D eigenvalue weighted by molar-refractivity contribution is 0.0697. The maximum absolute atomic E-state index is 11.4. The zero-order valence-electron chi connectivity index (χ0n) is 11.4. The highest BCUT2D eigenvalue weighted by molar-refractivity contribution is 6.04. The monoisotopic (exact) mass is 276 g/mol. The van der Waals surface area contributed by atoms with Gasteiger partial charge in [0.15, 0.2) is 5.65 Å². The van der Waals surface area contributed by atoms with E-state index >= 15 is 0 Å². The third-order valence-corrected chi connectivity index (χ3v) is 3.54. The maximum Gasteiger partial charge on any atom is 0.339 e. The van der Waals surface area contributed by atoms with Crippen LogP contribution in [0.4, 0.5) is 5.69 Å². The molecule has 0 aromatic carbocycles. The number of pyridine rings is 1. The number of hydrogen-bond donors (Lipinski definition) is 2. The number of anilines is 1. The van der Waals surface area contributed by atoms with Gasteiger partial charge in [-0.25, -0.2) is 9.78 Å². The molecule has 0 spiro atoms. The smallest absolute Gasteiger partial charge is 0.339 e. The topological polar surface area (TPSA) is 89.3 Å². The standard InChI is InChI=1S/C13H16N4O3/c1-7-10-11(15-8-3-4-20-6-8)9(13(18)19)5-14-12(10)17(2)16-7/h5,8H,3-4,6H2,1-2H3,(H,14,15)(H,18,19). The number of nitrogens with zero attached hydrogens (tertiary/aromatic N) is 3. The van der Waals surface area contributed by atoms with Crippen LogP contribution in [0.1, 0.15) is 22.5 Å². The summed E-state index contributed by atoms with van der Waals surface area (Å²) in [5.41, 5.74) is 2.19. The van der Waals surface area contributed by atoms with Gasteiger partial charge in [0, 0.05) is 19.9 Å². The van der Waals surface area contributed by atoms with E-state index in [2.05, 4.69) is 15.4 Å². The predicted molar refractivity (Wildman–Crippen MR) is 73.1 cm³/mol. The van der Waals surface area contributed by atoms with E-state index in [1.165, 1.54) is 6.20 Å². The molecule has 1 unspecified atom stereocenters. The van der Waals surface area contributed by atoms with Crippen LogP contribution in [0.2, 0.25) is 0 Å². The van der Waals surface area contributed by atoms with E-state index in [4.69, 9.17) is 4.74 Å². The Bertz CT molecular complexity index is 674. The Morgan fingerprint density at radius 3 is 3.05 bits per heavy atom. The highest BCUT2D eigenvalue weighted by atomic mass is 16.5. The number of aromatic carboxylic acids is 1. The van der Waals surface area contributed by atoms with Gasteiger partial charge in [-0.3, -0.25) is 4.68 Å². The van der Waals surface area contributed by atoms with Crippen molar-refractivity contribution in [3.05, 3.63) is 17.5 Å². The third-order valence-electron chi connectivity index (χ3n) is 3.54. The Hall–Kier alpha value is -2.15. The van der Waals surface area contributed by atoms with E-state index in [-0.39, 0.29) is 11.6 Å². The van der Waals surface area contributed by atoms with Crippen molar-refractivity contribution >= 4 is 22.7 Å². The summed E-state index contributed by atoms with van der Waals surface area (Å²) >= 11 is 0. The summed E-state index contributed by atoms with van der Waals surface area (Å²) in [4.78, 5) is 15.6. The fraction of sp³-hybridized carbons (Fsp3) is 0.462. The molecule has 0 aliphatic carbocycles. The van der Waals surface area contributed by atoms with Gasteiger partial charge in [-0.05, 0) is 13.3 Å². The van der Waals surface area contributed by atoms with Crippen molar-refractivity contribution in [2.75, 3.05) is 18.5 Å². The van der Waals surface area contributed by atoms with Gasteiger partial charge in [0.05, 0.1) is 29.4 Å². The molecular formula is C13H16N4O3. The fourth-order valence-electron chi connectivity index (χ4n) is 2.58. The first-order chi connectivity index (χ1) is 9.58. The molecule has 0 bridgehead atoms. The predicted octanol–water partition coefficient (Wildman–Crippen LogP) is 1.18. The Labute approximate surface area is 115 Å². The van der Waals surface area contributed by atoms with Crippen LogP contribution in [0, 0.1) is 6.92 Å². The molecule has 2 aromatic rings. The van der Waals surface area contributed by atoms with Gasteiger partial charge in [-0.15, -0.1) is 0 Å². The van der Waals surface area contributed by atoms with Gasteiger partial charge in [0.2, 0.25) is 0 Å². The zero-order chi connectivity index (χ0) is 14.3. The molecular weight excluding hydrogens is 260 g/mol. The van der Waals surface area contributed by atoms with E-state index in [0.29, 0.717) is 24.5 Å². The molecule has 106 valence electrons. The summed E-state index contributed by atoms with van der Waals surface area (Å²) < 4.78 is 6.99. The number of ether oxygens (including phenoxy) is 1. The summed E-state index contributed by atoms with van der Waals surface area (Å²) in [6, 6.07) is 0.123. The molecule has 3 heterocycles. The second kappa shape index (κ2) is 4.75. The lowest BCUT2D eigenvalue weighted by Crippen LogP contribution is -2.21. The van der Waals surface area contributed by atoms with Crippen LogP contribution in [0.3, 0.4) is 0 Å². The molecule has 0 saturated carbocycles. The number of carbonyl (C=O) groups is 1. The molecule has 0 radical (unpaired) electrons. The number of carboxylic acid groups (broad SMARTS) is 1. The second-order valence-corrected chi connectivity index (χ2v) is 4.96. The Balaban J connectivity index is 2.17. The van der Waals surface area contributed by atoms with Crippen molar-refractivity contribution in [2.45, 2.75) is 19.4 Å². The third kappa shape index (κ3) is 2.00. The van der Waals surface area contributed by atoms with Crippen LogP contribution in [0.25, 0.3) is 11.0 Å². The largest absolute Gasteiger partial charge is 0.478 e. The molecule has 7 heteroatoms. The van der Waals surface area contributed by atoms with Crippen molar-refractivity contribution in [1.29, 1.82) is 0 Å². The van der Waals surface area contributed by atoms with Crippen molar-refractivity contribution in [2.24, 2.45) is 7.05 Å².